The molecule has 3 N–H and O–H groups in total. The normalized spacial score (nSPS) is 14.9. The fraction of sp³-hybridized carbons (Fsp3) is 0.304. The second-order valence-corrected chi connectivity index (χ2v) is 7.44. The van der Waals surface area contributed by atoms with Gasteiger partial charge in [-0.15, -0.1) is 0 Å². The highest BCUT2D eigenvalue weighted by Crippen LogP contribution is 2.22. The third-order valence-corrected chi connectivity index (χ3v) is 5.22. The highest BCUT2D eigenvalue weighted by molar-refractivity contribution is 5.85. The lowest BCUT2D eigenvalue weighted by Gasteiger charge is -2.30. The Morgan fingerprint density at radius 2 is 1.97 bits per heavy atom. The molecule has 1 amide bonds. The zero-order valence-electron chi connectivity index (χ0n) is 16.4. The first-order valence-electron chi connectivity index (χ1n) is 9.97. The highest BCUT2D eigenvalue weighted by atomic mass is 16.5. The van der Waals surface area contributed by atoms with Gasteiger partial charge in [-0.2, -0.15) is 0 Å². The number of fused-ring (bicyclic) bond motifs is 2. The van der Waals surface area contributed by atoms with Crippen molar-refractivity contribution in [2.75, 3.05) is 26.2 Å². The summed E-state index contributed by atoms with van der Waals surface area (Å²) in [5.41, 5.74) is 9.79. The number of para-hydroxylation sites is 1. The molecule has 0 saturated heterocycles. The Hall–Kier alpha value is -2.96. The SMILES string of the molecule is NC(CNC(=O)COc1cccc2cccnc12)CN1CCc2ccccc2C1. The van der Waals surface area contributed by atoms with Crippen molar-refractivity contribution in [3.63, 3.8) is 0 Å². The first kappa shape index (κ1) is 19.4. The summed E-state index contributed by atoms with van der Waals surface area (Å²) >= 11 is 0. The van der Waals surface area contributed by atoms with Crippen LogP contribution in [0.2, 0.25) is 0 Å². The van der Waals surface area contributed by atoms with E-state index in [9.17, 15) is 4.79 Å². The molecule has 0 fully saturated rings. The summed E-state index contributed by atoms with van der Waals surface area (Å²) in [4.78, 5) is 18.9. The number of nitrogens with one attached hydrogen (secondary N) is 1. The molecule has 2 aromatic carbocycles. The zero-order valence-corrected chi connectivity index (χ0v) is 16.4. The van der Waals surface area contributed by atoms with E-state index in [0.29, 0.717) is 12.3 Å². The fourth-order valence-corrected chi connectivity index (χ4v) is 3.74. The average Bonchev–Trinajstić information content (AvgIpc) is 2.76. The van der Waals surface area contributed by atoms with Gasteiger partial charge in [0.15, 0.2) is 6.61 Å². The molecule has 0 saturated carbocycles. The number of hydrogen-bond donors (Lipinski definition) is 2. The molecule has 0 bridgehead atoms. The molecule has 6 heteroatoms. The van der Waals surface area contributed by atoms with Crippen molar-refractivity contribution in [1.29, 1.82) is 0 Å². The second kappa shape index (κ2) is 9.03. The highest BCUT2D eigenvalue weighted by Gasteiger charge is 2.18. The molecule has 6 nitrogen and oxygen atoms in total. The Morgan fingerprint density at radius 3 is 2.86 bits per heavy atom. The number of hydrogen-bond acceptors (Lipinski definition) is 5. The van der Waals surface area contributed by atoms with Gasteiger partial charge in [0.05, 0.1) is 0 Å². The van der Waals surface area contributed by atoms with Gasteiger partial charge in [-0.3, -0.25) is 14.7 Å². The number of pyridine rings is 1. The van der Waals surface area contributed by atoms with Gasteiger partial charge in [-0.05, 0) is 29.7 Å². The number of rotatable bonds is 7. The van der Waals surface area contributed by atoms with E-state index in [1.807, 2.05) is 30.3 Å². The van der Waals surface area contributed by atoms with Crippen molar-refractivity contribution in [1.82, 2.24) is 15.2 Å². The van der Waals surface area contributed by atoms with Crippen LogP contribution in [-0.4, -0.2) is 48.1 Å². The number of carbonyl (C=O) groups is 1. The number of aromatic nitrogens is 1. The third-order valence-electron chi connectivity index (χ3n) is 5.22. The predicted octanol–water partition coefficient (Wildman–Crippen LogP) is 2.12. The van der Waals surface area contributed by atoms with E-state index in [0.717, 1.165) is 37.0 Å². The van der Waals surface area contributed by atoms with E-state index >= 15 is 0 Å². The van der Waals surface area contributed by atoms with Crippen LogP contribution in [0, 0.1) is 0 Å². The van der Waals surface area contributed by atoms with Crippen LogP contribution >= 0.6 is 0 Å². The standard InChI is InChI=1S/C23H26N4O2/c24-20(15-27-12-10-17-5-1-2-6-19(17)14-27)13-26-22(28)16-29-21-9-3-7-18-8-4-11-25-23(18)21/h1-9,11,20H,10,12-16,24H2,(H,26,28). The maximum atomic E-state index is 12.2. The van der Waals surface area contributed by atoms with Crippen molar-refractivity contribution in [3.8, 4) is 5.75 Å². The molecular formula is C23H26N4O2. The summed E-state index contributed by atoms with van der Waals surface area (Å²) in [6.45, 7) is 3.03. The van der Waals surface area contributed by atoms with Gasteiger partial charge >= 0.3 is 0 Å². The lowest BCUT2D eigenvalue weighted by Crippen LogP contribution is -2.47. The predicted molar refractivity (Wildman–Crippen MR) is 114 cm³/mol. The van der Waals surface area contributed by atoms with Crippen LogP contribution in [0.4, 0.5) is 0 Å². The first-order valence-corrected chi connectivity index (χ1v) is 9.97. The van der Waals surface area contributed by atoms with E-state index < -0.39 is 0 Å². The number of benzene rings is 2. The van der Waals surface area contributed by atoms with E-state index in [1.54, 1.807) is 6.20 Å². The van der Waals surface area contributed by atoms with Crippen molar-refractivity contribution >= 4 is 16.8 Å². The van der Waals surface area contributed by atoms with E-state index in [2.05, 4.69) is 39.5 Å². The third kappa shape index (κ3) is 4.91. The largest absolute Gasteiger partial charge is 0.481 e. The van der Waals surface area contributed by atoms with Crippen LogP contribution in [0.1, 0.15) is 11.1 Å². The van der Waals surface area contributed by atoms with Gasteiger partial charge in [-0.1, -0.05) is 42.5 Å². The van der Waals surface area contributed by atoms with E-state index in [1.165, 1.54) is 11.1 Å². The molecule has 1 aliphatic heterocycles. The summed E-state index contributed by atoms with van der Waals surface area (Å²) in [6.07, 6.45) is 2.76. The quantitative estimate of drug-likeness (QED) is 0.646. The number of ether oxygens (including phenoxy) is 1. The van der Waals surface area contributed by atoms with Crippen molar-refractivity contribution in [2.45, 2.75) is 19.0 Å². The smallest absolute Gasteiger partial charge is 0.257 e. The molecule has 150 valence electrons. The molecule has 0 aliphatic carbocycles. The lowest BCUT2D eigenvalue weighted by atomic mass is 9.99. The van der Waals surface area contributed by atoms with Crippen molar-refractivity contribution in [3.05, 3.63) is 71.9 Å². The van der Waals surface area contributed by atoms with Crippen molar-refractivity contribution in [2.24, 2.45) is 5.73 Å². The zero-order chi connectivity index (χ0) is 20.1. The Kier molecular flexibility index (Phi) is 6.03. The summed E-state index contributed by atoms with van der Waals surface area (Å²) in [7, 11) is 0. The number of amides is 1. The molecule has 1 unspecified atom stereocenters. The number of nitrogens with zero attached hydrogens (tertiary/aromatic N) is 2. The summed E-state index contributed by atoms with van der Waals surface area (Å²) in [5.74, 6) is 0.423. The summed E-state index contributed by atoms with van der Waals surface area (Å²) < 4.78 is 5.68. The van der Waals surface area contributed by atoms with E-state index in [-0.39, 0.29) is 18.6 Å². The van der Waals surface area contributed by atoms with Crippen LogP contribution in [0.5, 0.6) is 5.75 Å². The second-order valence-electron chi connectivity index (χ2n) is 7.44. The topological polar surface area (TPSA) is 80.5 Å². The maximum absolute atomic E-state index is 12.2. The molecule has 4 rings (SSSR count). The van der Waals surface area contributed by atoms with Gasteiger partial charge in [0, 0.05) is 43.8 Å². The lowest BCUT2D eigenvalue weighted by molar-refractivity contribution is -0.123. The first-order chi connectivity index (χ1) is 14.2. The Balaban J connectivity index is 1.22. The van der Waals surface area contributed by atoms with Crippen LogP contribution in [0.25, 0.3) is 10.9 Å². The molecule has 0 spiro atoms. The molecule has 3 aromatic rings. The van der Waals surface area contributed by atoms with Crippen LogP contribution in [-0.2, 0) is 17.8 Å². The monoisotopic (exact) mass is 390 g/mol. The minimum Gasteiger partial charge on any atom is -0.481 e. The van der Waals surface area contributed by atoms with Crippen LogP contribution in [0.3, 0.4) is 0 Å². The molecule has 1 atom stereocenters. The molecule has 0 radical (unpaired) electrons. The summed E-state index contributed by atoms with van der Waals surface area (Å²) in [5, 5.41) is 3.86. The Morgan fingerprint density at radius 1 is 1.14 bits per heavy atom. The maximum Gasteiger partial charge on any atom is 0.257 e. The fourth-order valence-electron chi connectivity index (χ4n) is 3.74. The number of nitrogens with two attached hydrogens (primary N) is 1. The van der Waals surface area contributed by atoms with Gasteiger partial charge in [0.1, 0.15) is 11.3 Å². The van der Waals surface area contributed by atoms with Crippen molar-refractivity contribution < 1.29 is 9.53 Å². The van der Waals surface area contributed by atoms with Gasteiger partial charge < -0.3 is 15.8 Å². The molecule has 2 heterocycles. The van der Waals surface area contributed by atoms with Gasteiger partial charge in [0.25, 0.3) is 5.91 Å². The average molecular weight is 390 g/mol. The molecule has 1 aliphatic rings. The summed E-state index contributed by atoms with van der Waals surface area (Å²) in [6, 6.07) is 17.9. The van der Waals surface area contributed by atoms with Gasteiger partial charge in [0.2, 0.25) is 0 Å². The van der Waals surface area contributed by atoms with E-state index in [4.69, 9.17) is 10.5 Å². The van der Waals surface area contributed by atoms with Gasteiger partial charge in [-0.25, -0.2) is 0 Å². The minimum absolute atomic E-state index is 0.0561. The molecule has 29 heavy (non-hydrogen) atoms. The van der Waals surface area contributed by atoms with Crippen LogP contribution in [0.15, 0.2) is 60.8 Å². The van der Waals surface area contributed by atoms with Crippen LogP contribution < -0.4 is 15.8 Å². The molecule has 1 aromatic heterocycles. The Bertz CT molecular complexity index is 986. The minimum atomic E-state index is -0.183. The number of carbonyl (C=O) groups excluding carboxylic acids is 1. The molecular weight excluding hydrogens is 364 g/mol. The Labute approximate surface area is 170 Å².